The second-order valence-corrected chi connectivity index (χ2v) is 8.55. The molecular formula is C28H32N2O3. The van der Waals surface area contributed by atoms with Gasteiger partial charge in [0.1, 0.15) is 11.5 Å². The van der Waals surface area contributed by atoms with Crippen LogP contribution in [-0.4, -0.2) is 38.1 Å². The Labute approximate surface area is 196 Å². The van der Waals surface area contributed by atoms with Gasteiger partial charge in [-0.15, -0.1) is 0 Å². The third-order valence-corrected chi connectivity index (χ3v) is 6.41. The van der Waals surface area contributed by atoms with E-state index in [-0.39, 0.29) is 5.91 Å². The van der Waals surface area contributed by atoms with E-state index in [2.05, 4.69) is 46.6 Å². The molecule has 0 bridgehead atoms. The zero-order valence-electron chi connectivity index (χ0n) is 19.4. The van der Waals surface area contributed by atoms with Crippen molar-refractivity contribution < 1.29 is 14.3 Å². The molecule has 0 aliphatic carbocycles. The number of amides is 1. The quantitative estimate of drug-likeness (QED) is 0.530. The van der Waals surface area contributed by atoms with Crippen molar-refractivity contribution in [3.8, 4) is 11.5 Å². The number of nitrogens with zero attached hydrogens (tertiary/aromatic N) is 1. The van der Waals surface area contributed by atoms with Crippen LogP contribution < -0.4 is 14.8 Å². The van der Waals surface area contributed by atoms with Gasteiger partial charge in [0.2, 0.25) is 0 Å². The minimum atomic E-state index is -0.0778. The summed E-state index contributed by atoms with van der Waals surface area (Å²) in [5.74, 6) is 2.17. The lowest BCUT2D eigenvalue weighted by atomic mass is 9.89. The van der Waals surface area contributed by atoms with Crippen LogP contribution in [0.25, 0.3) is 0 Å². The summed E-state index contributed by atoms with van der Waals surface area (Å²) in [4.78, 5) is 14.9. The molecular weight excluding hydrogens is 412 g/mol. The SMILES string of the molecule is COc1ccc(CN2CCC(c3ccc(CNC(=O)c4ccc(OC)cc4)cc3)CC2)cc1. The first-order chi connectivity index (χ1) is 16.1. The predicted octanol–water partition coefficient (Wildman–Crippen LogP) is 5.01. The summed E-state index contributed by atoms with van der Waals surface area (Å²) in [5, 5.41) is 2.99. The van der Waals surface area contributed by atoms with E-state index in [1.54, 1.807) is 38.5 Å². The highest BCUT2D eigenvalue weighted by Gasteiger charge is 2.20. The number of likely N-dealkylation sites (tertiary alicyclic amines) is 1. The summed E-state index contributed by atoms with van der Waals surface area (Å²) in [6.07, 6.45) is 2.34. The first-order valence-electron chi connectivity index (χ1n) is 11.5. The van der Waals surface area contributed by atoms with Gasteiger partial charge in [-0.3, -0.25) is 9.69 Å². The van der Waals surface area contributed by atoms with Gasteiger partial charge in [-0.1, -0.05) is 36.4 Å². The van der Waals surface area contributed by atoms with Crippen LogP contribution in [0.5, 0.6) is 11.5 Å². The van der Waals surface area contributed by atoms with Gasteiger partial charge in [0.25, 0.3) is 5.91 Å². The lowest BCUT2D eigenvalue weighted by Crippen LogP contribution is -2.32. The van der Waals surface area contributed by atoms with Gasteiger partial charge in [-0.25, -0.2) is 0 Å². The number of nitrogens with one attached hydrogen (secondary N) is 1. The second kappa shape index (κ2) is 11.0. The lowest BCUT2D eigenvalue weighted by Gasteiger charge is -2.32. The molecule has 0 radical (unpaired) electrons. The van der Waals surface area contributed by atoms with E-state index >= 15 is 0 Å². The van der Waals surface area contributed by atoms with Gasteiger partial charge in [-0.2, -0.15) is 0 Å². The van der Waals surface area contributed by atoms with E-state index in [1.807, 2.05) is 12.1 Å². The molecule has 1 aliphatic rings. The summed E-state index contributed by atoms with van der Waals surface area (Å²) in [5.41, 5.74) is 4.46. The van der Waals surface area contributed by atoms with Crippen LogP contribution in [0.2, 0.25) is 0 Å². The van der Waals surface area contributed by atoms with Crippen molar-refractivity contribution in [3.05, 3.63) is 95.1 Å². The van der Waals surface area contributed by atoms with Crippen LogP contribution in [0.15, 0.2) is 72.8 Å². The molecule has 0 unspecified atom stereocenters. The molecule has 1 N–H and O–H groups in total. The number of carbonyl (C=O) groups is 1. The zero-order valence-corrected chi connectivity index (χ0v) is 19.4. The highest BCUT2D eigenvalue weighted by Crippen LogP contribution is 2.29. The van der Waals surface area contributed by atoms with Gasteiger partial charge in [0.05, 0.1) is 14.2 Å². The van der Waals surface area contributed by atoms with E-state index in [9.17, 15) is 4.79 Å². The minimum absolute atomic E-state index is 0.0778. The number of benzene rings is 3. The predicted molar refractivity (Wildman–Crippen MR) is 131 cm³/mol. The number of hydrogen-bond acceptors (Lipinski definition) is 4. The number of carbonyl (C=O) groups excluding carboxylic acids is 1. The molecule has 0 spiro atoms. The Morgan fingerprint density at radius 2 is 1.36 bits per heavy atom. The molecule has 0 atom stereocenters. The van der Waals surface area contributed by atoms with Crippen LogP contribution in [0.3, 0.4) is 0 Å². The van der Waals surface area contributed by atoms with Gasteiger partial charge >= 0.3 is 0 Å². The van der Waals surface area contributed by atoms with Gasteiger partial charge in [0.15, 0.2) is 0 Å². The molecule has 33 heavy (non-hydrogen) atoms. The fourth-order valence-electron chi connectivity index (χ4n) is 4.35. The van der Waals surface area contributed by atoms with Crippen LogP contribution in [0.1, 0.15) is 45.8 Å². The molecule has 1 fully saturated rings. The van der Waals surface area contributed by atoms with Crippen LogP contribution in [0.4, 0.5) is 0 Å². The monoisotopic (exact) mass is 444 g/mol. The Bertz CT molecular complexity index is 1020. The Morgan fingerprint density at radius 3 is 1.94 bits per heavy atom. The molecule has 3 aromatic carbocycles. The van der Waals surface area contributed by atoms with Crippen LogP contribution in [-0.2, 0) is 13.1 Å². The van der Waals surface area contributed by atoms with Crippen molar-refractivity contribution in [1.82, 2.24) is 10.2 Å². The van der Waals surface area contributed by atoms with E-state index in [1.165, 1.54) is 24.0 Å². The molecule has 5 nitrogen and oxygen atoms in total. The number of hydrogen-bond donors (Lipinski definition) is 1. The number of piperidine rings is 1. The molecule has 1 amide bonds. The van der Waals surface area contributed by atoms with E-state index in [0.29, 0.717) is 18.0 Å². The number of methoxy groups -OCH3 is 2. The highest BCUT2D eigenvalue weighted by molar-refractivity contribution is 5.94. The van der Waals surface area contributed by atoms with Crippen molar-refractivity contribution in [2.45, 2.75) is 31.8 Å². The Hall–Kier alpha value is -3.31. The molecule has 3 aromatic rings. The molecule has 0 aromatic heterocycles. The van der Waals surface area contributed by atoms with Gasteiger partial charge < -0.3 is 14.8 Å². The van der Waals surface area contributed by atoms with Gasteiger partial charge in [0, 0.05) is 18.7 Å². The first kappa shape index (κ1) is 22.9. The van der Waals surface area contributed by atoms with Crippen molar-refractivity contribution in [3.63, 3.8) is 0 Å². The summed E-state index contributed by atoms with van der Waals surface area (Å²) < 4.78 is 10.4. The molecule has 5 heteroatoms. The van der Waals surface area contributed by atoms with Crippen molar-refractivity contribution in [2.75, 3.05) is 27.3 Å². The third kappa shape index (κ3) is 6.14. The number of rotatable bonds is 8. The largest absolute Gasteiger partial charge is 0.497 e. The minimum Gasteiger partial charge on any atom is -0.497 e. The van der Waals surface area contributed by atoms with Crippen molar-refractivity contribution >= 4 is 5.91 Å². The molecule has 172 valence electrons. The first-order valence-corrected chi connectivity index (χ1v) is 11.5. The maximum Gasteiger partial charge on any atom is 0.251 e. The topological polar surface area (TPSA) is 50.8 Å². The maximum absolute atomic E-state index is 12.4. The Kier molecular flexibility index (Phi) is 7.63. The average Bonchev–Trinajstić information content (AvgIpc) is 2.88. The fraction of sp³-hybridized carbons (Fsp3) is 0.321. The smallest absolute Gasteiger partial charge is 0.251 e. The second-order valence-electron chi connectivity index (χ2n) is 8.55. The van der Waals surface area contributed by atoms with Crippen LogP contribution >= 0.6 is 0 Å². The fourth-order valence-corrected chi connectivity index (χ4v) is 4.35. The molecule has 1 saturated heterocycles. The molecule has 1 heterocycles. The number of ether oxygens (including phenoxy) is 2. The van der Waals surface area contributed by atoms with Crippen molar-refractivity contribution in [1.29, 1.82) is 0 Å². The van der Waals surface area contributed by atoms with Crippen LogP contribution in [0, 0.1) is 0 Å². The Morgan fingerprint density at radius 1 is 0.818 bits per heavy atom. The zero-order chi connectivity index (χ0) is 23.0. The highest BCUT2D eigenvalue weighted by atomic mass is 16.5. The average molecular weight is 445 g/mol. The van der Waals surface area contributed by atoms with E-state index < -0.39 is 0 Å². The molecule has 0 saturated carbocycles. The third-order valence-electron chi connectivity index (χ3n) is 6.41. The maximum atomic E-state index is 12.4. The summed E-state index contributed by atoms with van der Waals surface area (Å²) in [6.45, 7) is 3.72. The van der Waals surface area contributed by atoms with Crippen molar-refractivity contribution in [2.24, 2.45) is 0 Å². The van der Waals surface area contributed by atoms with E-state index in [4.69, 9.17) is 9.47 Å². The normalized spacial score (nSPS) is 14.6. The standard InChI is InChI=1S/C28H32N2O3/c1-32-26-11-5-22(6-12-26)20-30-17-15-24(16-18-30)23-7-3-21(4-8-23)19-29-28(31)25-9-13-27(33-2)14-10-25/h3-14,24H,15-20H2,1-2H3,(H,29,31). The summed E-state index contributed by atoms with van der Waals surface area (Å²) in [7, 11) is 3.32. The summed E-state index contributed by atoms with van der Waals surface area (Å²) >= 11 is 0. The Balaban J connectivity index is 1.24. The summed E-state index contributed by atoms with van der Waals surface area (Å²) in [6, 6.07) is 24.2. The lowest BCUT2D eigenvalue weighted by molar-refractivity contribution is 0.0951. The van der Waals surface area contributed by atoms with Gasteiger partial charge in [-0.05, 0) is 84.9 Å². The molecule has 1 aliphatic heterocycles. The van der Waals surface area contributed by atoms with E-state index in [0.717, 1.165) is 36.7 Å². The molecule has 4 rings (SSSR count).